The van der Waals surface area contributed by atoms with E-state index in [-0.39, 0.29) is 11.8 Å². The maximum Gasteiger partial charge on any atom is 0.248 e. The van der Waals surface area contributed by atoms with E-state index in [4.69, 9.17) is 0 Å². The Kier molecular flexibility index (Phi) is 3.11. The standard InChI is InChI=1S/C16H26N2O2/c1-15(2)14(20)18(10-11-6-4-5-7-11)16(3,12-8-9-12)13(19)17-15/h11-12H,4-10H2,1-3H3,(H,17,19). The summed E-state index contributed by atoms with van der Waals surface area (Å²) in [4.78, 5) is 27.4. The highest BCUT2D eigenvalue weighted by Gasteiger charge is 2.59. The van der Waals surface area contributed by atoms with E-state index in [1.165, 1.54) is 25.7 Å². The molecule has 0 aromatic rings. The minimum Gasteiger partial charge on any atom is -0.340 e. The van der Waals surface area contributed by atoms with E-state index in [0.29, 0.717) is 11.8 Å². The van der Waals surface area contributed by atoms with Crippen LogP contribution in [0.2, 0.25) is 0 Å². The summed E-state index contributed by atoms with van der Waals surface area (Å²) >= 11 is 0. The summed E-state index contributed by atoms with van der Waals surface area (Å²) < 4.78 is 0. The summed E-state index contributed by atoms with van der Waals surface area (Å²) in [6, 6.07) is 0. The van der Waals surface area contributed by atoms with Crippen LogP contribution in [0.15, 0.2) is 0 Å². The third-order valence-corrected chi connectivity index (χ3v) is 5.51. The molecule has 1 heterocycles. The summed E-state index contributed by atoms with van der Waals surface area (Å²) in [7, 11) is 0. The largest absolute Gasteiger partial charge is 0.340 e. The topological polar surface area (TPSA) is 49.4 Å². The van der Waals surface area contributed by atoms with Crippen LogP contribution < -0.4 is 5.32 Å². The lowest BCUT2D eigenvalue weighted by Crippen LogP contribution is -2.74. The zero-order valence-corrected chi connectivity index (χ0v) is 12.9. The molecule has 2 amide bonds. The van der Waals surface area contributed by atoms with E-state index in [2.05, 4.69) is 5.32 Å². The van der Waals surface area contributed by atoms with Crippen molar-refractivity contribution < 1.29 is 9.59 Å². The number of amides is 2. The van der Waals surface area contributed by atoms with E-state index in [1.54, 1.807) is 0 Å². The molecule has 3 rings (SSSR count). The number of nitrogens with zero attached hydrogens (tertiary/aromatic N) is 1. The number of carbonyl (C=O) groups is 2. The van der Waals surface area contributed by atoms with Crippen LogP contribution >= 0.6 is 0 Å². The van der Waals surface area contributed by atoms with Gasteiger partial charge in [-0.3, -0.25) is 9.59 Å². The molecule has 0 aromatic carbocycles. The Morgan fingerprint density at radius 2 is 1.70 bits per heavy atom. The van der Waals surface area contributed by atoms with Crippen molar-refractivity contribution in [1.82, 2.24) is 10.2 Å². The van der Waals surface area contributed by atoms with Crippen LogP contribution in [-0.2, 0) is 9.59 Å². The van der Waals surface area contributed by atoms with Crippen LogP contribution in [0.25, 0.3) is 0 Å². The maximum absolute atomic E-state index is 12.8. The third kappa shape index (κ3) is 2.04. The molecule has 1 unspecified atom stereocenters. The molecule has 1 saturated heterocycles. The smallest absolute Gasteiger partial charge is 0.248 e. The van der Waals surface area contributed by atoms with Crippen LogP contribution in [0, 0.1) is 11.8 Å². The molecule has 1 aliphatic heterocycles. The highest BCUT2D eigenvalue weighted by molar-refractivity contribution is 6.02. The van der Waals surface area contributed by atoms with Gasteiger partial charge in [0.2, 0.25) is 11.8 Å². The lowest BCUT2D eigenvalue weighted by molar-refractivity contribution is -0.163. The van der Waals surface area contributed by atoms with Crippen LogP contribution in [0.1, 0.15) is 59.3 Å². The summed E-state index contributed by atoms with van der Waals surface area (Å²) in [5.74, 6) is 1.07. The number of hydrogen-bond acceptors (Lipinski definition) is 2. The first-order valence-electron chi connectivity index (χ1n) is 8.00. The third-order valence-electron chi connectivity index (χ3n) is 5.51. The Balaban J connectivity index is 1.89. The quantitative estimate of drug-likeness (QED) is 0.859. The molecule has 1 atom stereocenters. The van der Waals surface area contributed by atoms with Gasteiger partial charge in [-0.2, -0.15) is 0 Å². The molecule has 20 heavy (non-hydrogen) atoms. The zero-order valence-electron chi connectivity index (χ0n) is 12.9. The van der Waals surface area contributed by atoms with Gasteiger partial charge in [-0.25, -0.2) is 0 Å². The highest BCUT2D eigenvalue weighted by Crippen LogP contribution is 2.46. The van der Waals surface area contributed by atoms with Crippen LogP contribution in [0.4, 0.5) is 0 Å². The van der Waals surface area contributed by atoms with Gasteiger partial charge in [0.15, 0.2) is 0 Å². The van der Waals surface area contributed by atoms with Crippen molar-refractivity contribution in [2.75, 3.05) is 6.54 Å². The Morgan fingerprint density at radius 3 is 2.25 bits per heavy atom. The zero-order chi connectivity index (χ0) is 14.5. The van der Waals surface area contributed by atoms with Crippen molar-refractivity contribution in [3.63, 3.8) is 0 Å². The van der Waals surface area contributed by atoms with Crippen LogP contribution in [0.5, 0.6) is 0 Å². The van der Waals surface area contributed by atoms with Gasteiger partial charge in [-0.05, 0) is 58.3 Å². The average molecular weight is 278 g/mol. The summed E-state index contributed by atoms with van der Waals surface area (Å²) in [6.07, 6.45) is 7.07. The van der Waals surface area contributed by atoms with Gasteiger partial charge in [-0.15, -0.1) is 0 Å². The molecule has 0 spiro atoms. The second-order valence-electron chi connectivity index (χ2n) is 7.57. The molecule has 4 heteroatoms. The number of hydrogen-bond donors (Lipinski definition) is 1. The number of piperazine rings is 1. The molecule has 4 nitrogen and oxygen atoms in total. The molecule has 2 aliphatic carbocycles. The fourth-order valence-corrected chi connectivity index (χ4v) is 3.91. The highest BCUT2D eigenvalue weighted by atomic mass is 16.2. The van der Waals surface area contributed by atoms with Gasteiger partial charge in [0.1, 0.15) is 11.1 Å². The van der Waals surface area contributed by atoms with Gasteiger partial charge in [0, 0.05) is 6.54 Å². The minimum absolute atomic E-state index is 0.0441. The molecular formula is C16H26N2O2. The minimum atomic E-state index is -0.760. The van der Waals surface area contributed by atoms with Gasteiger partial charge < -0.3 is 10.2 Å². The molecule has 0 bridgehead atoms. The summed E-state index contributed by atoms with van der Waals surface area (Å²) in [6.45, 7) is 6.38. The molecule has 0 radical (unpaired) electrons. The molecule has 2 saturated carbocycles. The Morgan fingerprint density at radius 1 is 1.10 bits per heavy atom. The van der Waals surface area contributed by atoms with E-state index in [0.717, 1.165) is 19.4 Å². The summed E-state index contributed by atoms with van der Waals surface area (Å²) in [5, 5.41) is 2.94. The molecule has 0 aromatic heterocycles. The number of carbonyl (C=O) groups excluding carboxylic acids is 2. The lowest BCUT2D eigenvalue weighted by atomic mass is 9.83. The Bertz CT molecular complexity index is 436. The fourth-order valence-electron chi connectivity index (χ4n) is 3.91. The van der Waals surface area contributed by atoms with E-state index < -0.39 is 11.1 Å². The lowest BCUT2D eigenvalue weighted by Gasteiger charge is -2.50. The second kappa shape index (κ2) is 4.47. The first kappa shape index (κ1) is 13.9. The second-order valence-corrected chi connectivity index (χ2v) is 7.57. The van der Waals surface area contributed by atoms with Gasteiger partial charge in [-0.1, -0.05) is 12.8 Å². The van der Waals surface area contributed by atoms with Crippen molar-refractivity contribution in [3.8, 4) is 0 Å². The van der Waals surface area contributed by atoms with E-state index >= 15 is 0 Å². The van der Waals surface area contributed by atoms with Crippen LogP contribution in [0.3, 0.4) is 0 Å². The molecule has 112 valence electrons. The average Bonchev–Trinajstić information content (AvgIpc) is 3.11. The molecule has 3 fully saturated rings. The predicted molar refractivity (Wildman–Crippen MR) is 77.0 cm³/mol. The van der Waals surface area contributed by atoms with Crippen molar-refractivity contribution in [2.45, 2.75) is 70.4 Å². The summed E-state index contributed by atoms with van der Waals surface area (Å²) in [5.41, 5.74) is -1.38. The van der Waals surface area contributed by atoms with Crippen molar-refractivity contribution in [2.24, 2.45) is 11.8 Å². The maximum atomic E-state index is 12.8. The SMILES string of the molecule is CC1(C)NC(=O)C(C)(C2CC2)N(CC2CCCC2)C1=O. The number of nitrogens with one attached hydrogen (secondary N) is 1. The predicted octanol–water partition coefficient (Wildman–Crippen LogP) is 2.08. The fraction of sp³-hybridized carbons (Fsp3) is 0.875. The van der Waals surface area contributed by atoms with E-state index in [9.17, 15) is 9.59 Å². The molecule has 3 aliphatic rings. The molecule has 1 N–H and O–H groups in total. The number of rotatable bonds is 3. The van der Waals surface area contributed by atoms with Crippen LogP contribution in [-0.4, -0.2) is 34.3 Å². The van der Waals surface area contributed by atoms with Gasteiger partial charge in [0.05, 0.1) is 0 Å². The monoisotopic (exact) mass is 278 g/mol. The first-order valence-corrected chi connectivity index (χ1v) is 8.00. The molecular weight excluding hydrogens is 252 g/mol. The normalized spacial score (nSPS) is 34.5. The van der Waals surface area contributed by atoms with E-state index in [1.807, 2.05) is 25.7 Å². The Labute approximate surface area is 121 Å². The first-order chi connectivity index (χ1) is 9.35. The van der Waals surface area contributed by atoms with Gasteiger partial charge >= 0.3 is 0 Å². The van der Waals surface area contributed by atoms with Crippen molar-refractivity contribution >= 4 is 11.8 Å². The van der Waals surface area contributed by atoms with Crippen molar-refractivity contribution in [1.29, 1.82) is 0 Å². The van der Waals surface area contributed by atoms with Gasteiger partial charge in [0.25, 0.3) is 0 Å². The Hall–Kier alpha value is -1.06. The van der Waals surface area contributed by atoms with Crippen molar-refractivity contribution in [3.05, 3.63) is 0 Å².